The van der Waals surface area contributed by atoms with Crippen molar-refractivity contribution in [3.63, 3.8) is 0 Å². The van der Waals surface area contributed by atoms with Gasteiger partial charge in [0.15, 0.2) is 11.2 Å². The third-order valence-corrected chi connectivity index (χ3v) is 5.39. The summed E-state index contributed by atoms with van der Waals surface area (Å²) in [6.45, 7) is 7.69. The zero-order valence-corrected chi connectivity index (χ0v) is 18.0. The van der Waals surface area contributed by atoms with Gasteiger partial charge in [-0.25, -0.2) is 4.98 Å². The second kappa shape index (κ2) is 7.92. The lowest BCUT2D eigenvalue weighted by Crippen LogP contribution is -2.13. The zero-order valence-electron chi connectivity index (χ0n) is 17.3. The number of aromatic nitrogens is 2. The maximum Gasteiger partial charge on any atom is 0.196 e. The Morgan fingerprint density at radius 3 is 2.60 bits per heavy atom. The second-order valence-electron chi connectivity index (χ2n) is 7.46. The van der Waals surface area contributed by atoms with E-state index in [0.717, 1.165) is 22.5 Å². The highest BCUT2D eigenvalue weighted by Crippen LogP contribution is 2.32. The van der Waals surface area contributed by atoms with E-state index in [9.17, 15) is 4.79 Å². The number of benzene rings is 1. The van der Waals surface area contributed by atoms with Crippen LogP contribution < -0.4 is 10.7 Å². The Morgan fingerprint density at radius 2 is 1.90 bits per heavy atom. The number of halogens is 1. The highest BCUT2D eigenvalue weighted by Gasteiger charge is 2.19. The lowest BCUT2D eigenvalue weighted by Gasteiger charge is -2.19. The predicted molar refractivity (Wildman–Crippen MR) is 121 cm³/mol. The Labute approximate surface area is 179 Å². The molecule has 0 aliphatic carbocycles. The van der Waals surface area contributed by atoms with E-state index in [0.29, 0.717) is 33.1 Å². The first-order valence-corrected chi connectivity index (χ1v) is 10.1. The largest absolute Gasteiger partial charge is 0.454 e. The molecule has 3 heterocycles. The molecule has 0 spiro atoms. The zero-order chi connectivity index (χ0) is 21.4. The molecule has 4 aromatic rings. The number of pyridine rings is 2. The fraction of sp³-hybridized carbons (Fsp3) is 0.208. The molecule has 30 heavy (non-hydrogen) atoms. The van der Waals surface area contributed by atoms with E-state index in [-0.39, 0.29) is 11.5 Å². The van der Waals surface area contributed by atoms with E-state index < -0.39 is 0 Å². The summed E-state index contributed by atoms with van der Waals surface area (Å²) in [6, 6.07) is 13.0. The minimum Gasteiger partial charge on any atom is -0.454 e. The van der Waals surface area contributed by atoms with Gasteiger partial charge in [-0.3, -0.25) is 9.78 Å². The van der Waals surface area contributed by atoms with Gasteiger partial charge in [0, 0.05) is 17.3 Å². The molecular formula is C24H22ClN3O2. The van der Waals surface area contributed by atoms with Crippen molar-refractivity contribution in [2.75, 3.05) is 5.32 Å². The molecule has 6 heteroatoms. The maximum absolute atomic E-state index is 13.2. The van der Waals surface area contributed by atoms with Gasteiger partial charge in [-0.05, 0) is 63.6 Å². The Balaban J connectivity index is 1.89. The lowest BCUT2D eigenvalue weighted by molar-refractivity contribution is 0.603. The van der Waals surface area contributed by atoms with E-state index in [1.165, 1.54) is 0 Å². The summed E-state index contributed by atoms with van der Waals surface area (Å²) in [4.78, 5) is 21.8. The van der Waals surface area contributed by atoms with E-state index in [2.05, 4.69) is 15.3 Å². The molecule has 1 aromatic carbocycles. The van der Waals surface area contributed by atoms with Crippen LogP contribution in [0.25, 0.3) is 22.4 Å². The topological polar surface area (TPSA) is 68.0 Å². The van der Waals surface area contributed by atoms with Gasteiger partial charge in [0.2, 0.25) is 0 Å². The van der Waals surface area contributed by atoms with Gasteiger partial charge >= 0.3 is 0 Å². The van der Waals surface area contributed by atoms with Gasteiger partial charge in [0.1, 0.15) is 16.4 Å². The van der Waals surface area contributed by atoms with Crippen molar-refractivity contribution in [2.24, 2.45) is 0 Å². The molecule has 0 aliphatic heterocycles. The number of fused-ring (bicyclic) bond motifs is 1. The van der Waals surface area contributed by atoms with Crippen LogP contribution in [0.2, 0.25) is 5.15 Å². The van der Waals surface area contributed by atoms with Crippen molar-refractivity contribution in [1.29, 1.82) is 0 Å². The molecule has 1 atom stereocenters. The standard InChI is InChI=1S/C24H22ClN3O2/c1-13-11-17(15(3)27-19-8-9-21(25)28-16(19)4)24-18(12-13)22(29)14(2)23(30-24)20-7-5-6-10-26-20/h5-12,15,27H,1-4H3/t15-/m1/s1. The van der Waals surface area contributed by atoms with Gasteiger partial charge in [-0.2, -0.15) is 0 Å². The average molecular weight is 420 g/mol. The van der Waals surface area contributed by atoms with Crippen molar-refractivity contribution in [2.45, 2.75) is 33.7 Å². The molecule has 152 valence electrons. The summed E-state index contributed by atoms with van der Waals surface area (Å²) in [5.41, 5.74) is 5.28. The fourth-order valence-corrected chi connectivity index (χ4v) is 3.81. The van der Waals surface area contributed by atoms with Gasteiger partial charge < -0.3 is 9.73 Å². The summed E-state index contributed by atoms with van der Waals surface area (Å²) in [5.74, 6) is 0.495. The van der Waals surface area contributed by atoms with Crippen LogP contribution in [0.15, 0.2) is 57.9 Å². The number of aryl methyl sites for hydroxylation is 2. The van der Waals surface area contributed by atoms with E-state index in [4.69, 9.17) is 16.0 Å². The number of anilines is 1. The van der Waals surface area contributed by atoms with Crippen molar-refractivity contribution in [1.82, 2.24) is 9.97 Å². The molecule has 0 amide bonds. The summed E-state index contributed by atoms with van der Waals surface area (Å²) < 4.78 is 6.31. The van der Waals surface area contributed by atoms with Crippen LogP contribution in [0.5, 0.6) is 0 Å². The summed E-state index contributed by atoms with van der Waals surface area (Å²) in [5, 5.41) is 4.49. The van der Waals surface area contributed by atoms with Gasteiger partial charge in [0.25, 0.3) is 0 Å². The Morgan fingerprint density at radius 1 is 1.10 bits per heavy atom. The SMILES string of the molecule is Cc1cc([C@@H](C)Nc2ccc(Cl)nc2C)c2oc(-c3ccccn3)c(C)c(=O)c2c1. The first-order valence-electron chi connectivity index (χ1n) is 9.74. The van der Waals surface area contributed by atoms with Crippen LogP contribution in [-0.4, -0.2) is 9.97 Å². The fourth-order valence-electron chi connectivity index (χ4n) is 3.62. The highest BCUT2D eigenvalue weighted by atomic mass is 35.5. The number of hydrogen-bond donors (Lipinski definition) is 1. The monoisotopic (exact) mass is 419 g/mol. The molecule has 1 N–H and O–H groups in total. The Hall–Kier alpha value is -3.18. The molecule has 4 rings (SSSR count). The summed E-state index contributed by atoms with van der Waals surface area (Å²) in [6.07, 6.45) is 1.69. The van der Waals surface area contributed by atoms with Crippen LogP contribution in [0.1, 0.15) is 35.3 Å². The van der Waals surface area contributed by atoms with Crippen molar-refractivity contribution < 1.29 is 4.42 Å². The molecule has 3 aromatic heterocycles. The Bertz CT molecular complexity index is 1300. The molecular weight excluding hydrogens is 398 g/mol. The lowest BCUT2D eigenvalue weighted by atomic mass is 9.99. The van der Waals surface area contributed by atoms with E-state index in [1.807, 2.05) is 57.2 Å². The number of rotatable bonds is 4. The first kappa shape index (κ1) is 20.1. The van der Waals surface area contributed by atoms with Gasteiger partial charge in [-0.15, -0.1) is 0 Å². The normalized spacial score (nSPS) is 12.2. The molecule has 0 bridgehead atoms. The van der Waals surface area contributed by atoms with Crippen LogP contribution >= 0.6 is 11.6 Å². The molecule has 0 aliphatic rings. The number of hydrogen-bond acceptors (Lipinski definition) is 5. The van der Waals surface area contributed by atoms with Crippen LogP contribution in [-0.2, 0) is 0 Å². The smallest absolute Gasteiger partial charge is 0.196 e. The van der Waals surface area contributed by atoms with Crippen LogP contribution in [0, 0.1) is 20.8 Å². The van der Waals surface area contributed by atoms with E-state index in [1.54, 1.807) is 19.2 Å². The van der Waals surface area contributed by atoms with Crippen molar-refractivity contribution in [3.8, 4) is 11.5 Å². The maximum atomic E-state index is 13.2. The van der Waals surface area contributed by atoms with Crippen LogP contribution in [0.3, 0.4) is 0 Å². The Kier molecular flexibility index (Phi) is 5.31. The van der Waals surface area contributed by atoms with Crippen molar-refractivity contribution in [3.05, 3.63) is 86.4 Å². The average Bonchev–Trinajstić information content (AvgIpc) is 2.73. The number of nitrogens with zero attached hydrogens (tertiary/aromatic N) is 2. The molecule has 5 nitrogen and oxygen atoms in total. The quantitative estimate of drug-likeness (QED) is 0.411. The minimum atomic E-state index is -0.128. The highest BCUT2D eigenvalue weighted by molar-refractivity contribution is 6.29. The predicted octanol–water partition coefficient (Wildman–Crippen LogP) is 6.00. The van der Waals surface area contributed by atoms with Crippen LogP contribution in [0.4, 0.5) is 5.69 Å². The third kappa shape index (κ3) is 3.68. The summed E-state index contributed by atoms with van der Waals surface area (Å²) >= 11 is 5.98. The van der Waals surface area contributed by atoms with Gasteiger partial charge in [0.05, 0.1) is 22.8 Å². The molecule has 0 saturated heterocycles. The summed E-state index contributed by atoms with van der Waals surface area (Å²) in [7, 11) is 0. The number of nitrogens with one attached hydrogen (secondary N) is 1. The first-order chi connectivity index (χ1) is 14.3. The van der Waals surface area contributed by atoms with E-state index >= 15 is 0 Å². The second-order valence-corrected chi connectivity index (χ2v) is 7.85. The van der Waals surface area contributed by atoms with Crippen molar-refractivity contribution >= 4 is 28.3 Å². The molecule has 0 saturated carbocycles. The molecule has 0 unspecified atom stereocenters. The molecule has 0 fully saturated rings. The van der Waals surface area contributed by atoms with Gasteiger partial charge in [-0.1, -0.05) is 23.7 Å². The third-order valence-electron chi connectivity index (χ3n) is 5.18. The minimum absolute atomic E-state index is 0.0432. The molecule has 0 radical (unpaired) electrons.